The maximum atomic E-state index is 14.5. The molecule has 29 heteroatoms. The zero-order valence-electron chi connectivity index (χ0n) is 55.5. The minimum atomic E-state index is -2.83. The summed E-state index contributed by atoms with van der Waals surface area (Å²) in [4.78, 5) is 166. The number of nitrogens with one attached hydrogen (secondary N) is 11. The molecule has 10 amide bonds. The first-order valence-corrected chi connectivity index (χ1v) is 32.2. The van der Waals surface area contributed by atoms with Crippen LogP contribution in [0.25, 0.3) is 11.1 Å². The van der Waals surface area contributed by atoms with Gasteiger partial charge in [-0.15, -0.1) is 0 Å². The van der Waals surface area contributed by atoms with Crippen LogP contribution in [0, 0.1) is 29.6 Å². The molecule has 94 heavy (non-hydrogen) atoms. The van der Waals surface area contributed by atoms with Crippen LogP contribution in [0.5, 0.6) is 0 Å². The number of benzene rings is 2. The minimum absolute atomic E-state index is 0.184. The molecule has 0 radical (unpaired) electrons. The van der Waals surface area contributed by atoms with E-state index >= 15 is 0 Å². The first-order valence-electron chi connectivity index (χ1n) is 32.2. The number of likely N-dealkylation sites (N-methyl/N-ethyl adjacent to an activating group) is 1. The number of rotatable bonds is 35. The Bertz CT molecular complexity index is 2950. The third kappa shape index (κ3) is 21.5. The standard InChI is InChI=1S/C65H98F2N12O15/c1-12-34(5)49(58(88)72-46(30-80)57(87)76-53-39(10)94-62(92)52(37(8)15-4)77-63(93)65(29-43(65)28-47(66)67)79-54(84)38(9)71-60(53)90)75-59(89)50(35(6)13-2)73-55(85)44(25-26-48(68)83)70-31-64(32-81,33-82)78-61(91)51(36(7)14-3)74-56(86)45(69-11)27-40-21-23-42(24-22-40)41-19-17-16-18-20-41/h16-24,32,34-39,43-47,49-53,69-70,80,82H,12-15,25-31,33H2,1-11H3,(H2,68,83)(H,71,90)(H,72,88)(H,73,85)(H,74,86)(H,75,89)(H,76,87)(H,77,93)(H,78,91)(H,79,84)/t34-,35-,36-,37-,38-,39-,43?,44+,45+,46-,49-,50+,51-,52-,53+,64+,65?/m0/s1. The minimum Gasteiger partial charge on any atom is -0.458 e. The fourth-order valence-electron chi connectivity index (χ4n) is 10.8. The van der Waals surface area contributed by atoms with Crippen LogP contribution in [0.3, 0.4) is 0 Å². The normalized spacial score (nSPS) is 23.0. The number of carbonyl (C=O) groups excluding carboxylic acids is 12. The molecule has 1 saturated heterocycles. The second-order valence-corrected chi connectivity index (χ2v) is 25.0. The Hall–Kier alpha value is -8.02. The van der Waals surface area contributed by atoms with Crippen molar-refractivity contribution in [2.75, 3.05) is 26.8 Å². The summed E-state index contributed by atoms with van der Waals surface area (Å²) in [6.45, 7) is 13.2. The zero-order chi connectivity index (χ0) is 70.4. The van der Waals surface area contributed by atoms with Gasteiger partial charge in [-0.05, 0) is 86.4 Å². The Balaban J connectivity index is 1.52. The molecule has 1 aliphatic heterocycles. The van der Waals surface area contributed by atoms with Crippen LogP contribution in [0.1, 0.15) is 126 Å². The summed E-state index contributed by atoms with van der Waals surface area (Å²) >= 11 is 0. The lowest BCUT2D eigenvalue weighted by molar-refractivity contribution is -0.157. The second kappa shape index (κ2) is 36.6. The van der Waals surface area contributed by atoms with Gasteiger partial charge in [0.2, 0.25) is 65.5 Å². The number of aldehydes is 1. The molecule has 2 aromatic carbocycles. The van der Waals surface area contributed by atoms with Gasteiger partial charge < -0.3 is 84.0 Å². The number of carbonyl (C=O) groups is 12. The molecule has 15 N–H and O–H groups in total. The number of aliphatic hydroxyl groups is 2. The highest BCUT2D eigenvalue weighted by Gasteiger charge is 2.62. The summed E-state index contributed by atoms with van der Waals surface area (Å²) in [7, 11) is 1.60. The number of aliphatic hydroxyl groups excluding tert-OH is 2. The first kappa shape index (κ1) is 78.4. The van der Waals surface area contributed by atoms with Crippen molar-refractivity contribution in [2.45, 2.75) is 205 Å². The Kier molecular flexibility index (Phi) is 30.5. The molecular formula is C65H98F2N12O15. The molecule has 1 spiro atoms. The van der Waals surface area contributed by atoms with Gasteiger partial charge in [0, 0.05) is 19.4 Å². The van der Waals surface area contributed by atoms with E-state index in [1.165, 1.54) is 13.8 Å². The first-order chi connectivity index (χ1) is 44.4. The van der Waals surface area contributed by atoms with Crippen molar-refractivity contribution in [3.05, 3.63) is 60.2 Å². The van der Waals surface area contributed by atoms with Crippen molar-refractivity contribution in [2.24, 2.45) is 35.3 Å². The molecule has 2 unspecified atom stereocenters. The van der Waals surface area contributed by atoms with E-state index in [0.717, 1.165) is 16.7 Å². The van der Waals surface area contributed by atoms with Crippen LogP contribution < -0.4 is 64.2 Å². The maximum Gasteiger partial charge on any atom is 0.329 e. The van der Waals surface area contributed by atoms with Gasteiger partial charge in [-0.1, -0.05) is 136 Å². The quantitative estimate of drug-likeness (QED) is 0.0314. The highest BCUT2D eigenvalue weighted by molar-refractivity contribution is 6.01. The van der Waals surface area contributed by atoms with Crippen LogP contribution in [-0.4, -0.2) is 186 Å². The Morgan fingerprint density at radius 2 is 1.26 bits per heavy atom. The van der Waals surface area contributed by atoms with Crippen molar-refractivity contribution >= 4 is 71.3 Å². The number of cyclic esters (lactones) is 1. The largest absolute Gasteiger partial charge is 0.458 e. The molecule has 27 nitrogen and oxygen atoms in total. The molecule has 0 bridgehead atoms. The number of amides is 10. The summed E-state index contributed by atoms with van der Waals surface area (Å²) in [6, 6.07) is 4.51. The fraction of sp³-hybridized carbons (Fsp3) is 0.631. The van der Waals surface area contributed by atoms with E-state index < -0.39 is 205 Å². The van der Waals surface area contributed by atoms with E-state index in [1.54, 1.807) is 62.4 Å². The lowest BCUT2D eigenvalue weighted by Gasteiger charge is -2.34. The van der Waals surface area contributed by atoms with Gasteiger partial charge in [-0.25, -0.2) is 13.6 Å². The molecule has 1 saturated carbocycles. The average Bonchev–Trinajstić information content (AvgIpc) is 1.58. The van der Waals surface area contributed by atoms with Gasteiger partial charge in [-0.2, -0.15) is 0 Å². The van der Waals surface area contributed by atoms with Crippen molar-refractivity contribution in [1.82, 2.24) is 58.5 Å². The maximum absolute atomic E-state index is 14.5. The fourth-order valence-corrected chi connectivity index (χ4v) is 10.8. The summed E-state index contributed by atoms with van der Waals surface area (Å²) in [5.74, 6) is -13.7. The molecule has 2 fully saturated rings. The van der Waals surface area contributed by atoms with Crippen molar-refractivity contribution in [3.63, 3.8) is 0 Å². The molecule has 4 rings (SSSR count). The van der Waals surface area contributed by atoms with Gasteiger partial charge in [0.15, 0.2) is 0 Å². The average molecular weight is 1330 g/mol. The predicted octanol–water partition coefficient (Wildman–Crippen LogP) is -0.180. The monoisotopic (exact) mass is 1320 g/mol. The number of hydrogen-bond donors (Lipinski definition) is 14. The molecular weight excluding hydrogens is 1230 g/mol. The molecule has 2 aliphatic rings. The van der Waals surface area contributed by atoms with E-state index in [-0.39, 0.29) is 38.4 Å². The second-order valence-electron chi connectivity index (χ2n) is 25.0. The smallest absolute Gasteiger partial charge is 0.329 e. The Morgan fingerprint density at radius 1 is 0.713 bits per heavy atom. The van der Waals surface area contributed by atoms with E-state index in [2.05, 4.69) is 58.5 Å². The number of ether oxygens (including phenoxy) is 1. The van der Waals surface area contributed by atoms with Gasteiger partial charge >= 0.3 is 5.97 Å². The molecule has 1 aliphatic carbocycles. The van der Waals surface area contributed by atoms with Gasteiger partial charge in [0.1, 0.15) is 65.8 Å². The number of alkyl halides is 2. The predicted molar refractivity (Wildman–Crippen MR) is 342 cm³/mol. The number of hydrogen-bond acceptors (Lipinski definition) is 17. The molecule has 0 aromatic heterocycles. The third-order valence-electron chi connectivity index (χ3n) is 18.1. The van der Waals surface area contributed by atoms with Crippen LogP contribution in [0.2, 0.25) is 0 Å². The van der Waals surface area contributed by atoms with Crippen molar-refractivity contribution < 1.29 is 81.3 Å². The highest BCUT2D eigenvalue weighted by atomic mass is 19.3. The van der Waals surface area contributed by atoms with Gasteiger partial charge in [0.25, 0.3) is 0 Å². The van der Waals surface area contributed by atoms with E-state index in [9.17, 15) is 76.5 Å². The summed E-state index contributed by atoms with van der Waals surface area (Å²) < 4.78 is 32.8. The Morgan fingerprint density at radius 3 is 1.77 bits per heavy atom. The SMILES string of the molecule is CC[C@H](C)[C@H](NC(=O)[C@@H](Cc1ccc(-c2ccccc2)cc1)NC)C(=O)N[C@](C=O)(CO)CN[C@H](CCC(N)=O)C(=O)N[C@@H](C(=O)N[C@H](C(=O)N[C@@H](CO)C(=O)N[C@H]1C(=O)N[C@@H](C)C(=O)NC2(CC2CC(F)F)C(=O)N[C@@H]([C@@H](C)CC)C(=O)O[C@H]1C)[C@@H](C)CC)[C@@H](C)CC. The summed E-state index contributed by atoms with van der Waals surface area (Å²) in [6.07, 6.45) is -4.33. The van der Waals surface area contributed by atoms with Crippen molar-refractivity contribution in [1.29, 1.82) is 0 Å². The number of halogens is 2. The van der Waals surface area contributed by atoms with Crippen LogP contribution in [0.15, 0.2) is 54.6 Å². The van der Waals surface area contributed by atoms with E-state index in [1.807, 2.05) is 54.6 Å². The molecule has 17 atom stereocenters. The van der Waals surface area contributed by atoms with Gasteiger partial charge in [-0.3, -0.25) is 47.9 Å². The van der Waals surface area contributed by atoms with Gasteiger partial charge in [0.05, 0.1) is 25.3 Å². The van der Waals surface area contributed by atoms with Crippen molar-refractivity contribution in [3.8, 4) is 11.1 Å². The molecule has 522 valence electrons. The summed E-state index contributed by atoms with van der Waals surface area (Å²) in [5.41, 5.74) is 4.39. The Labute approximate surface area is 547 Å². The molecule has 1 heterocycles. The lowest BCUT2D eigenvalue weighted by atomic mass is 9.94. The summed E-state index contributed by atoms with van der Waals surface area (Å²) in [5, 5.41) is 50.0. The molecule has 2 aromatic rings. The lowest BCUT2D eigenvalue weighted by Crippen LogP contribution is -2.65. The third-order valence-corrected chi connectivity index (χ3v) is 18.1. The zero-order valence-corrected chi connectivity index (χ0v) is 55.5. The number of primary amides is 1. The van der Waals surface area contributed by atoms with Crippen LogP contribution in [-0.2, 0) is 68.7 Å². The van der Waals surface area contributed by atoms with E-state index in [4.69, 9.17) is 10.5 Å². The van der Waals surface area contributed by atoms with Crippen LogP contribution >= 0.6 is 0 Å². The van der Waals surface area contributed by atoms with Crippen LogP contribution in [0.4, 0.5) is 8.78 Å². The number of esters is 1. The highest BCUT2D eigenvalue weighted by Crippen LogP contribution is 2.48. The number of nitrogens with two attached hydrogens (primary N) is 1. The topological polar surface area (TPSA) is 413 Å². The van der Waals surface area contributed by atoms with E-state index in [0.29, 0.717) is 12.8 Å².